The van der Waals surface area contributed by atoms with Crippen molar-refractivity contribution >= 4 is 27.3 Å². The largest absolute Gasteiger partial charge is 0.234 e. The molecule has 0 atom stereocenters. The molecule has 1 aromatic heterocycles. The summed E-state index contributed by atoms with van der Waals surface area (Å²) in [7, 11) is 0. The summed E-state index contributed by atoms with van der Waals surface area (Å²) in [5.41, 5.74) is 0. The first-order valence-corrected chi connectivity index (χ1v) is 6.01. The van der Waals surface area contributed by atoms with Crippen LogP contribution in [0.4, 0.5) is 0 Å². The summed E-state index contributed by atoms with van der Waals surface area (Å²) in [6.07, 6.45) is 5.47. The first-order chi connectivity index (χ1) is 5.77. The second kappa shape index (κ2) is 3.46. The molecule has 2 rings (SSSR count). The van der Waals surface area contributed by atoms with Gasteiger partial charge in [0.05, 0.1) is 5.01 Å². The van der Waals surface area contributed by atoms with E-state index in [4.69, 9.17) is 0 Å². The summed E-state index contributed by atoms with van der Waals surface area (Å²) in [5, 5.41) is 1.34. The van der Waals surface area contributed by atoms with Gasteiger partial charge in [-0.1, -0.05) is 12.8 Å². The van der Waals surface area contributed by atoms with E-state index >= 15 is 0 Å². The quantitative estimate of drug-likeness (QED) is 0.732. The maximum atomic E-state index is 4.53. The van der Waals surface area contributed by atoms with Gasteiger partial charge in [0.25, 0.3) is 0 Å². The van der Waals surface area contributed by atoms with Gasteiger partial charge in [-0.25, -0.2) is 4.98 Å². The van der Waals surface area contributed by atoms with Crippen molar-refractivity contribution in [1.29, 1.82) is 0 Å². The van der Waals surface area contributed by atoms with Gasteiger partial charge < -0.3 is 0 Å². The molecule has 0 spiro atoms. The summed E-state index contributed by atoms with van der Waals surface area (Å²) in [6, 6.07) is 0. The summed E-state index contributed by atoms with van der Waals surface area (Å²) in [5.74, 6) is 0.764. The third kappa shape index (κ3) is 1.57. The fraction of sp³-hybridized carbons (Fsp3) is 0.667. The van der Waals surface area contributed by atoms with Crippen LogP contribution in [-0.2, 0) is 0 Å². The van der Waals surface area contributed by atoms with Gasteiger partial charge in [0, 0.05) is 10.8 Å². The van der Waals surface area contributed by atoms with Crippen LogP contribution in [0.1, 0.15) is 41.5 Å². The SMILES string of the molecule is Cc1sc(C2CCCC2)nc1Br. The van der Waals surface area contributed by atoms with E-state index in [0.717, 1.165) is 10.5 Å². The lowest BCUT2D eigenvalue weighted by Crippen LogP contribution is -1.89. The average molecular weight is 246 g/mol. The van der Waals surface area contributed by atoms with Crippen LogP contribution >= 0.6 is 27.3 Å². The van der Waals surface area contributed by atoms with Crippen molar-refractivity contribution < 1.29 is 0 Å². The zero-order chi connectivity index (χ0) is 8.55. The number of halogens is 1. The van der Waals surface area contributed by atoms with Crippen LogP contribution in [0.3, 0.4) is 0 Å². The van der Waals surface area contributed by atoms with Gasteiger partial charge in [0.15, 0.2) is 0 Å². The highest BCUT2D eigenvalue weighted by Gasteiger charge is 2.20. The van der Waals surface area contributed by atoms with Crippen LogP contribution in [0.25, 0.3) is 0 Å². The molecule has 1 aliphatic carbocycles. The lowest BCUT2D eigenvalue weighted by Gasteiger charge is -2.01. The van der Waals surface area contributed by atoms with Crippen molar-refractivity contribution in [2.45, 2.75) is 38.5 Å². The van der Waals surface area contributed by atoms with E-state index in [2.05, 4.69) is 27.8 Å². The lowest BCUT2D eigenvalue weighted by atomic mass is 10.1. The molecule has 3 heteroatoms. The summed E-state index contributed by atoms with van der Waals surface area (Å²) in [6.45, 7) is 2.13. The third-order valence-corrected chi connectivity index (χ3v) is 4.63. The van der Waals surface area contributed by atoms with Gasteiger partial charge >= 0.3 is 0 Å². The van der Waals surface area contributed by atoms with Gasteiger partial charge in [0.1, 0.15) is 4.60 Å². The van der Waals surface area contributed by atoms with Crippen molar-refractivity contribution in [1.82, 2.24) is 4.98 Å². The maximum Gasteiger partial charge on any atom is 0.120 e. The third-order valence-electron chi connectivity index (χ3n) is 2.46. The van der Waals surface area contributed by atoms with Gasteiger partial charge in [-0.05, 0) is 35.7 Å². The Kier molecular flexibility index (Phi) is 2.51. The molecule has 0 saturated heterocycles. The van der Waals surface area contributed by atoms with Crippen LogP contribution in [0.15, 0.2) is 4.60 Å². The molecule has 0 amide bonds. The number of aryl methyl sites for hydroxylation is 1. The van der Waals surface area contributed by atoms with E-state index in [9.17, 15) is 0 Å². The summed E-state index contributed by atoms with van der Waals surface area (Å²) >= 11 is 5.32. The van der Waals surface area contributed by atoms with Crippen molar-refractivity contribution in [3.8, 4) is 0 Å². The molecule has 0 bridgehead atoms. The second-order valence-corrected chi connectivity index (χ2v) is 5.37. The Morgan fingerprint density at radius 3 is 2.58 bits per heavy atom. The standard InChI is InChI=1S/C9H12BrNS/c1-6-8(10)11-9(12-6)7-4-2-3-5-7/h7H,2-5H2,1H3. The molecule has 12 heavy (non-hydrogen) atoms. The first-order valence-electron chi connectivity index (χ1n) is 4.40. The molecule has 1 saturated carbocycles. The van der Waals surface area contributed by atoms with Gasteiger partial charge in [0.2, 0.25) is 0 Å². The smallest absolute Gasteiger partial charge is 0.120 e. The van der Waals surface area contributed by atoms with E-state index < -0.39 is 0 Å². The Labute approximate surface area is 85.3 Å². The number of aromatic nitrogens is 1. The van der Waals surface area contributed by atoms with Crippen molar-refractivity contribution in [2.75, 3.05) is 0 Å². The molecule has 0 unspecified atom stereocenters. The summed E-state index contributed by atoms with van der Waals surface area (Å²) in [4.78, 5) is 5.84. The monoisotopic (exact) mass is 245 g/mol. The van der Waals surface area contributed by atoms with Crippen molar-refractivity contribution in [3.05, 3.63) is 14.5 Å². The van der Waals surface area contributed by atoms with E-state index in [-0.39, 0.29) is 0 Å². The van der Waals surface area contributed by atoms with Gasteiger partial charge in [-0.15, -0.1) is 11.3 Å². The zero-order valence-corrected chi connectivity index (χ0v) is 9.54. The fourth-order valence-electron chi connectivity index (χ4n) is 1.74. The number of rotatable bonds is 1. The number of nitrogens with zero attached hydrogens (tertiary/aromatic N) is 1. The Morgan fingerprint density at radius 1 is 1.42 bits per heavy atom. The lowest BCUT2D eigenvalue weighted by molar-refractivity contribution is 0.715. The fourth-order valence-corrected chi connectivity index (χ4v) is 3.28. The number of thiazole rings is 1. The minimum atomic E-state index is 0.764. The first kappa shape index (κ1) is 8.70. The predicted molar refractivity (Wildman–Crippen MR) is 55.8 cm³/mol. The molecular weight excluding hydrogens is 234 g/mol. The average Bonchev–Trinajstić information content (AvgIpc) is 2.61. The molecule has 0 N–H and O–H groups in total. The minimum Gasteiger partial charge on any atom is -0.234 e. The van der Waals surface area contributed by atoms with Gasteiger partial charge in [-0.3, -0.25) is 0 Å². The predicted octanol–water partition coefficient (Wildman–Crippen LogP) is 3.87. The molecule has 0 aliphatic heterocycles. The van der Waals surface area contributed by atoms with Crippen LogP contribution in [-0.4, -0.2) is 4.98 Å². The second-order valence-electron chi connectivity index (χ2n) is 3.38. The van der Waals surface area contributed by atoms with E-state index in [1.807, 2.05) is 11.3 Å². The van der Waals surface area contributed by atoms with Crippen LogP contribution in [0.2, 0.25) is 0 Å². The van der Waals surface area contributed by atoms with Crippen LogP contribution in [0.5, 0.6) is 0 Å². The highest BCUT2D eigenvalue weighted by molar-refractivity contribution is 9.10. The van der Waals surface area contributed by atoms with E-state index in [1.54, 1.807) is 0 Å². The van der Waals surface area contributed by atoms with Crippen molar-refractivity contribution in [3.63, 3.8) is 0 Å². The maximum absolute atomic E-state index is 4.53. The molecule has 0 radical (unpaired) electrons. The number of hydrogen-bond acceptors (Lipinski definition) is 2. The molecule has 1 nitrogen and oxygen atoms in total. The van der Waals surface area contributed by atoms with Crippen LogP contribution in [0, 0.1) is 6.92 Å². The molecule has 0 aromatic carbocycles. The number of hydrogen-bond donors (Lipinski definition) is 0. The summed E-state index contributed by atoms with van der Waals surface area (Å²) < 4.78 is 1.05. The minimum absolute atomic E-state index is 0.764. The Morgan fingerprint density at radius 2 is 2.08 bits per heavy atom. The topological polar surface area (TPSA) is 12.9 Å². The molecular formula is C9H12BrNS. The van der Waals surface area contributed by atoms with Crippen LogP contribution < -0.4 is 0 Å². The van der Waals surface area contributed by atoms with E-state index in [0.29, 0.717) is 0 Å². The Bertz CT molecular complexity index is 257. The molecule has 1 fully saturated rings. The van der Waals surface area contributed by atoms with Gasteiger partial charge in [-0.2, -0.15) is 0 Å². The van der Waals surface area contributed by atoms with Crippen molar-refractivity contribution in [2.24, 2.45) is 0 Å². The highest BCUT2D eigenvalue weighted by atomic mass is 79.9. The molecule has 1 heterocycles. The zero-order valence-electron chi connectivity index (χ0n) is 7.14. The Balaban J connectivity index is 2.21. The normalized spacial score (nSPS) is 18.8. The highest BCUT2D eigenvalue weighted by Crippen LogP contribution is 2.37. The van der Waals surface area contributed by atoms with E-state index in [1.165, 1.54) is 35.6 Å². The molecule has 1 aliphatic rings. The molecule has 66 valence electrons. The molecule has 1 aromatic rings. The Hall–Kier alpha value is 0.110.